The first-order valence-electron chi connectivity index (χ1n) is 8.18. The second-order valence-electron chi connectivity index (χ2n) is 5.63. The molecule has 25 heavy (non-hydrogen) atoms. The van der Waals surface area contributed by atoms with Gasteiger partial charge in [-0.25, -0.2) is 5.43 Å². The molecule has 0 saturated carbocycles. The fourth-order valence-electron chi connectivity index (χ4n) is 2.56. The van der Waals surface area contributed by atoms with Crippen LogP contribution in [-0.4, -0.2) is 17.1 Å². The molecule has 0 bridgehead atoms. The molecule has 3 rings (SSSR count). The zero-order chi connectivity index (χ0) is 17.3. The van der Waals surface area contributed by atoms with Gasteiger partial charge in [-0.1, -0.05) is 54.6 Å². The van der Waals surface area contributed by atoms with Gasteiger partial charge < -0.3 is 0 Å². The van der Waals surface area contributed by atoms with Crippen molar-refractivity contribution in [2.24, 2.45) is 5.10 Å². The van der Waals surface area contributed by atoms with Crippen molar-refractivity contribution in [3.63, 3.8) is 0 Å². The number of hydrogen-bond acceptors (Lipinski definition) is 3. The molecule has 0 radical (unpaired) electrons. The molecular formula is C21H19N3O. The molecule has 0 saturated heterocycles. The average Bonchev–Trinajstić information content (AvgIpc) is 2.68. The number of nitrogens with zero attached hydrogens (tertiary/aromatic N) is 2. The number of benzene rings is 2. The lowest BCUT2D eigenvalue weighted by Crippen LogP contribution is -2.19. The first kappa shape index (κ1) is 16.6. The minimum absolute atomic E-state index is 0.205. The molecule has 0 aliphatic heterocycles. The first-order valence-corrected chi connectivity index (χ1v) is 8.18. The van der Waals surface area contributed by atoms with Crippen molar-refractivity contribution in [1.82, 2.24) is 10.4 Å². The summed E-state index contributed by atoms with van der Waals surface area (Å²) in [7, 11) is 0. The Hall–Kier alpha value is -3.27. The molecule has 2 aromatic carbocycles. The van der Waals surface area contributed by atoms with Crippen LogP contribution < -0.4 is 5.43 Å². The van der Waals surface area contributed by atoms with E-state index in [1.807, 2.05) is 54.6 Å². The maximum atomic E-state index is 12.4. The molecule has 1 amide bonds. The number of nitrogens with one attached hydrogen (secondary N) is 1. The van der Waals surface area contributed by atoms with E-state index in [2.05, 4.69) is 27.6 Å². The highest BCUT2D eigenvalue weighted by Gasteiger charge is 2.10. The smallest absolute Gasteiger partial charge is 0.267 e. The standard InChI is InChI=1S/C21H19N3O/c25-21(24-23-16-18-9-6-14-22-15-18)20-11-5-4-10-19(20)13-12-17-7-2-1-3-8-17/h1-11,14-16H,12-13H2,(H,24,25)/b23-16+. The second kappa shape index (κ2) is 8.55. The number of carbonyl (C=O) groups is 1. The quantitative estimate of drug-likeness (QED) is 0.554. The van der Waals surface area contributed by atoms with Crippen molar-refractivity contribution >= 4 is 12.1 Å². The van der Waals surface area contributed by atoms with E-state index in [1.165, 1.54) is 5.56 Å². The molecule has 3 aromatic rings. The van der Waals surface area contributed by atoms with Gasteiger partial charge in [-0.05, 0) is 36.1 Å². The fraction of sp³-hybridized carbons (Fsp3) is 0.0952. The molecule has 4 heteroatoms. The minimum atomic E-state index is -0.205. The van der Waals surface area contributed by atoms with E-state index in [9.17, 15) is 4.79 Å². The Morgan fingerprint density at radius 2 is 1.76 bits per heavy atom. The summed E-state index contributed by atoms with van der Waals surface area (Å²) in [4.78, 5) is 16.4. The van der Waals surface area contributed by atoms with Crippen LogP contribution >= 0.6 is 0 Å². The Balaban J connectivity index is 1.65. The zero-order valence-electron chi connectivity index (χ0n) is 13.8. The van der Waals surface area contributed by atoms with E-state index in [-0.39, 0.29) is 5.91 Å². The van der Waals surface area contributed by atoms with Gasteiger partial charge in [0.05, 0.1) is 6.21 Å². The Morgan fingerprint density at radius 1 is 0.960 bits per heavy atom. The summed E-state index contributed by atoms with van der Waals surface area (Å²) in [5.41, 5.74) is 6.35. The highest BCUT2D eigenvalue weighted by Crippen LogP contribution is 2.13. The molecule has 1 N–H and O–H groups in total. The van der Waals surface area contributed by atoms with Gasteiger partial charge in [-0.3, -0.25) is 9.78 Å². The lowest BCUT2D eigenvalue weighted by atomic mass is 9.99. The van der Waals surface area contributed by atoms with Crippen molar-refractivity contribution in [1.29, 1.82) is 0 Å². The average molecular weight is 329 g/mol. The van der Waals surface area contributed by atoms with E-state index in [0.717, 1.165) is 24.0 Å². The number of aromatic nitrogens is 1. The van der Waals surface area contributed by atoms with Crippen LogP contribution in [0.3, 0.4) is 0 Å². The third-order valence-corrected chi connectivity index (χ3v) is 3.85. The molecule has 0 aliphatic carbocycles. The Morgan fingerprint density at radius 3 is 2.56 bits per heavy atom. The SMILES string of the molecule is O=C(N/N=C/c1cccnc1)c1ccccc1CCc1ccccc1. The van der Waals surface area contributed by atoms with Gasteiger partial charge in [-0.2, -0.15) is 5.10 Å². The van der Waals surface area contributed by atoms with Gasteiger partial charge in [0.25, 0.3) is 5.91 Å². The predicted octanol–water partition coefficient (Wildman–Crippen LogP) is 3.63. The Bertz CT molecular complexity index is 845. The number of pyridine rings is 1. The molecule has 1 heterocycles. The molecule has 0 fully saturated rings. The molecule has 124 valence electrons. The highest BCUT2D eigenvalue weighted by atomic mass is 16.2. The number of amides is 1. The first-order chi connectivity index (χ1) is 12.3. The zero-order valence-corrected chi connectivity index (χ0v) is 13.8. The summed E-state index contributed by atoms with van der Waals surface area (Å²) in [6.07, 6.45) is 6.66. The van der Waals surface area contributed by atoms with Crippen molar-refractivity contribution in [3.8, 4) is 0 Å². The molecule has 4 nitrogen and oxygen atoms in total. The monoisotopic (exact) mass is 329 g/mol. The van der Waals surface area contributed by atoms with Gasteiger partial charge in [0.15, 0.2) is 0 Å². The number of carbonyl (C=O) groups excluding carboxylic acids is 1. The van der Waals surface area contributed by atoms with Crippen LogP contribution in [-0.2, 0) is 12.8 Å². The van der Waals surface area contributed by atoms with Crippen molar-refractivity contribution in [2.45, 2.75) is 12.8 Å². The van der Waals surface area contributed by atoms with Crippen LogP contribution in [0.2, 0.25) is 0 Å². The number of rotatable bonds is 6. The van der Waals surface area contributed by atoms with E-state index in [1.54, 1.807) is 18.6 Å². The van der Waals surface area contributed by atoms with Crippen LogP contribution in [0.25, 0.3) is 0 Å². The van der Waals surface area contributed by atoms with E-state index < -0.39 is 0 Å². The topological polar surface area (TPSA) is 54.4 Å². The molecule has 0 aliphatic rings. The Kier molecular flexibility index (Phi) is 5.67. The van der Waals surface area contributed by atoms with E-state index in [4.69, 9.17) is 0 Å². The second-order valence-corrected chi connectivity index (χ2v) is 5.63. The third-order valence-electron chi connectivity index (χ3n) is 3.85. The van der Waals surface area contributed by atoms with Crippen LogP contribution in [0.4, 0.5) is 0 Å². The molecule has 1 aromatic heterocycles. The minimum Gasteiger partial charge on any atom is -0.267 e. The summed E-state index contributed by atoms with van der Waals surface area (Å²) in [6.45, 7) is 0. The van der Waals surface area contributed by atoms with Gasteiger partial charge >= 0.3 is 0 Å². The Labute approximate surface area is 147 Å². The van der Waals surface area contributed by atoms with Crippen molar-refractivity contribution in [3.05, 3.63) is 101 Å². The predicted molar refractivity (Wildman–Crippen MR) is 99.6 cm³/mol. The lowest BCUT2D eigenvalue weighted by molar-refractivity contribution is 0.0954. The maximum Gasteiger partial charge on any atom is 0.271 e. The normalized spacial score (nSPS) is 10.7. The van der Waals surface area contributed by atoms with Gasteiger partial charge in [0, 0.05) is 23.5 Å². The summed E-state index contributed by atoms with van der Waals surface area (Å²) in [5, 5.41) is 4.01. The van der Waals surface area contributed by atoms with Crippen LogP contribution in [0.1, 0.15) is 27.0 Å². The molecular weight excluding hydrogens is 310 g/mol. The van der Waals surface area contributed by atoms with Crippen molar-refractivity contribution in [2.75, 3.05) is 0 Å². The number of hydrogen-bond donors (Lipinski definition) is 1. The lowest BCUT2D eigenvalue weighted by Gasteiger charge is -2.08. The van der Waals surface area contributed by atoms with Gasteiger partial charge in [0.2, 0.25) is 0 Å². The van der Waals surface area contributed by atoms with Crippen LogP contribution in [0.5, 0.6) is 0 Å². The maximum absolute atomic E-state index is 12.4. The summed E-state index contributed by atoms with van der Waals surface area (Å²) in [6, 6.07) is 21.6. The van der Waals surface area contributed by atoms with E-state index in [0.29, 0.717) is 5.56 Å². The molecule has 0 atom stereocenters. The van der Waals surface area contributed by atoms with Crippen LogP contribution in [0, 0.1) is 0 Å². The fourth-order valence-corrected chi connectivity index (χ4v) is 2.56. The van der Waals surface area contributed by atoms with E-state index >= 15 is 0 Å². The summed E-state index contributed by atoms with van der Waals surface area (Å²) < 4.78 is 0. The van der Waals surface area contributed by atoms with Crippen LogP contribution in [0.15, 0.2) is 84.2 Å². The summed E-state index contributed by atoms with van der Waals surface area (Å²) in [5.74, 6) is -0.205. The number of aryl methyl sites for hydroxylation is 2. The number of hydrazone groups is 1. The third kappa shape index (κ3) is 4.85. The molecule has 0 spiro atoms. The highest BCUT2D eigenvalue weighted by molar-refractivity contribution is 5.96. The van der Waals surface area contributed by atoms with Crippen molar-refractivity contribution < 1.29 is 4.79 Å². The van der Waals surface area contributed by atoms with Gasteiger partial charge in [0.1, 0.15) is 0 Å². The summed E-state index contributed by atoms with van der Waals surface area (Å²) >= 11 is 0. The van der Waals surface area contributed by atoms with Gasteiger partial charge in [-0.15, -0.1) is 0 Å². The largest absolute Gasteiger partial charge is 0.271 e. The molecule has 0 unspecified atom stereocenters.